The molecule has 0 heterocycles. The summed E-state index contributed by atoms with van der Waals surface area (Å²) in [6.07, 6.45) is 3.34. The summed E-state index contributed by atoms with van der Waals surface area (Å²) in [5, 5.41) is 3.49. The first-order chi connectivity index (χ1) is 15.1. The summed E-state index contributed by atoms with van der Waals surface area (Å²) in [4.78, 5) is 0. The molecule has 0 aromatic heterocycles. The monoisotopic (exact) mass is 403 g/mol. The van der Waals surface area contributed by atoms with E-state index in [9.17, 15) is 0 Å². The molecular weight excluding hydrogens is 374 g/mol. The SMILES string of the molecule is CCc1ccc(Nc2ccc(C=C(c3ccccc3)c3ccc(C)c(C)c3)cc2)cc1. The van der Waals surface area contributed by atoms with Crippen LogP contribution in [0.5, 0.6) is 0 Å². The summed E-state index contributed by atoms with van der Waals surface area (Å²) in [5.74, 6) is 0. The van der Waals surface area contributed by atoms with Gasteiger partial charge in [-0.3, -0.25) is 0 Å². The highest BCUT2D eigenvalue weighted by atomic mass is 14.9. The van der Waals surface area contributed by atoms with Gasteiger partial charge in [0.05, 0.1) is 0 Å². The number of nitrogens with one attached hydrogen (secondary N) is 1. The van der Waals surface area contributed by atoms with E-state index in [-0.39, 0.29) is 0 Å². The van der Waals surface area contributed by atoms with Crippen LogP contribution >= 0.6 is 0 Å². The lowest BCUT2D eigenvalue weighted by atomic mass is 9.93. The van der Waals surface area contributed by atoms with Crippen molar-refractivity contribution < 1.29 is 0 Å². The van der Waals surface area contributed by atoms with Gasteiger partial charge in [-0.05, 0) is 89.6 Å². The van der Waals surface area contributed by atoms with E-state index in [0.29, 0.717) is 0 Å². The minimum atomic E-state index is 1.06. The van der Waals surface area contributed by atoms with E-state index in [1.54, 1.807) is 0 Å². The lowest BCUT2D eigenvalue weighted by Crippen LogP contribution is -1.92. The van der Waals surface area contributed by atoms with Crippen LogP contribution in [0.25, 0.3) is 11.6 Å². The Morgan fingerprint density at radius 2 is 1.32 bits per heavy atom. The van der Waals surface area contributed by atoms with Crippen molar-refractivity contribution in [1.82, 2.24) is 0 Å². The van der Waals surface area contributed by atoms with E-state index in [0.717, 1.165) is 17.8 Å². The highest BCUT2D eigenvalue weighted by Gasteiger charge is 2.07. The summed E-state index contributed by atoms with van der Waals surface area (Å²) in [6.45, 7) is 6.51. The predicted octanol–water partition coefficient (Wildman–Crippen LogP) is 8.20. The van der Waals surface area contributed by atoms with E-state index < -0.39 is 0 Å². The zero-order valence-electron chi connectivity index (χ0n) is 18.5. The van der Waals surface area contributed by atoms with Crippen LogP contribution in [0.4, 0.5) is 11.4 Å². The quantitative estimate of drug-likeness (QED) is 0.320. The van der Waals surface area contributed by atoms with E-state index in [1.165, 1.54) is 39.0 Å². The molecule has 1 N–H and O–H groups in total. The number of hydrogen-bond acceptors (Lipinski definition) is 1. The van der Waals surface area contributed by atoms with Gasteiger partial charge in [0.15, 0.2) is 0 Å². The highest BCUT2D eigenvalue weighted by molar-refractivity contribution is 5.91. The predicted molar refractivity (Wildman–Crippen MR) is 135 cm³/mol. The molecule has 0 aliphatic heterocycles. The maximum absolute atomic E-state index is 3.49. The molecule has 1 nitrogen and oxygen atoms in total. The fourth-order valence-electron chi connectivity index (χ4n) is 3.68. The summed E-state index contributed by atoms with van der Waals surface area (Å²) < 4.78 is 0. The van der Waals surface area contributed by atoms with E-state index in [4.69, 9.17) is 0 Å². The van der Waals surface area contributed by atoms with Crippen molar-refractivity contribution in [2.45, 2.75) is 27.2 Å². The molecule has 0 saturated carbocycles. The van der Waals surface area contributed by atoms with Crippen molar-refractivity contribution in [1.29, 1.82) is 0 Å². The molecule has 1 heteroatoms. The fourth-order valence-corrected chi connectivity index (χ4v) is 3.68. The molecule has 0 amide bonds. The maximum atomic E-state index is 3.49. The van der Waals surface area contributed by atoms with Crippen molar-refractivity contribution in [2.24, 2.45) is 0 Å². The second-order valence-corrected chi connectivity index (χ2v) is 8.02. The second kappa shape index (κ2) is 9.49. The number of benzene rings is 4. The van der Waals surface area contributed by atoms with Gasteiger partial charge in [0, 0.05) is 11.4 Å². The van der Waals surface area contributed by atoms with Crippen LogP contribution in [0.1, 0.15) is 40.3 Å². The molecule has 4 aromatic carbocycles. The standard InChI is InChI=1S/C30H29N/c1-4-24-11-16-28(17-12-24)31-29-18-13-25(14-19-29)21-30(26-8-6-5-7-9-26)27-15-10-22(2)23(3)20-27/h5-21,31H,4H2,1-3H3. The Balaban J connectivity index is 1.63. The molecule has 154 valence electrons. The Hall–Kier alpha value is -3.58. The Kier molecular flexibility index (Phi) is 6.33. The average molecular weight is 404 g/mol. The summed E-state index contributed by atoms with van der Waals surface area (Å²) in [6, 6.07) is 34.6. The minimum Gasteiger partial charge on any atom is -0.356 e. The van der Waals surface area contributed by atoms with Crippen LogP contribution in [-0.4, -0.2) is 0 Å². The van der Waals surface area contributed by atoms with E-state index >= 15 is 0 Å². The van der Waals surface area contributed by atoms with Crippen LogP contribution in [-0.2, 0) is 6.42 Å². The number of rotatable bonds is 6. The van der Waals surface area contributed by atoms with Crippen LogP contribution in [0.15, 0.2) is 97.1 Å². The number of aryl methyl sites for hydroxylation is 3. The third kappa shape index (κ3) is 5.13. The van der Waals surface area contributed by atoms with Gasteiger partial charge in [0.1, 0.15) is 0 Å². The Morgan fingerprint density at radius 1 is 0.677 bits per heavy atom. The molecule has 0 radical (unpaired) electrons. The zero-order valence-corrected chi connectivity index (χ0v) is 18.5. The van der Waals surface area contributed by atoms with Gasteiger partial charge in [-0.15, -0.1) is 0 Å². The van der Waals surface area contributed by atoms with Crippen molar-refractivity contribution in [3.63, 3.8) is 0 Å². The molecule has 0 spiro atoms. The van der Waals surface area contributed by atoms with Gasteiger partial charge in [-0.1, -0.05) is 79.7 Å². The second-order valence-electron chi connectivity index (χ2n) is 8.02. The lowest BCUT2D eigenvalue weighted by molar-refractivity contribution is 1.14. The van der Waals surface area contributed by atoms with Gasteiger partial charge in [-0.2, -0.15) is 0 Å². The topological polar surface area (TPSA) is 12.0 Å². The Bertz CT molecular complexity index is 1170. The molecule has 4 rings (SSSR count). The highest BCUT2D eigenvalue weighted by Crippen LogP contribution is 2.28. The van der Waals surface area contributed by atoms with E-state index in [1.807, 2.05) is 0 Å². The van der Waals surface area contributed by atoms with E-state index in [2.05, 4.69) is 129 Å². The first-order valence-electron chi connectivity index (χ1n) is 10.9. The summed E-state index contributed by atoms with van der Waals surface area (Å²) >= 11 is 0. The molecule has 0 aliphatic rings. The average Bonchev–Trinajstić information content (AvgIpc) is 2.81. The fraction of sp³-hybridized carbons (Fsp3) is 0.133. The van der Waals surface area contributed by atoms with Crippen molar-refractivity contribution in [3.8, 4) is 0 Å². The first-order valence-corrected chi connectivity index (χ1v) is 10.9. The molecule has 31 heavy (non-hydrogen) atoms. The third-order valence-electron chi connectivity index (χ3n) is 5.78. The molecule has 0 unspecified atom stereocenters. The first kappa shape index (κ1) is 20.7. The Labute approximate surface area is 186 Å². The van der Waals surface area contributed by atoms with Crippen LogP contribution in [0.2, 0.25) is 0 Å². The van der Waals surface area contributed by atoms with Crippen LogP contribution < -0.4 is 5.32 Å². The van der Waals surface area contributed by atoms with Gasteiger partial charge in [-0.25, -0.2) is 0 Å². The molecule has 0 bridgehead atoms. The third-order valence-corrected chi connectivity index (χ3v) is 5.78. The summed E-state index contributed by atoms with van der Waals surface area (Å²) in [7, 11) is 0. The summed E-state index contributed by atoms with van der Waals surface area (Å²) in [5.41, 5.74) is 11.1. The van der Waals surface area contributed by atoms with Crippen molar-refractivity contribution in [3.05, 3.63) is 130 Å². The van der Waals surface area contributed by atoms with Gasteiger partial charge in [0.2, 0.25) is 0 Å². The van der Waals surface area contributed by atoms with Crippen LogP contribution in [0.3, 0.4) is 0 Å². The Morgan fingerprint density at radius 3 is 1.94 bits per heavy atom. The normalized spacial score (nSPS) is 11.4. The molecule has 0 aliphatic carbocycles. The largest absolute Gasteiger partial charge is 0.356 e. The van der Waals surface area contributed by atoms with Crippen LogP contribution in [0, 0.1) is 13.8 Å². The van der Waals surface area contributed by atoms with Gasteiger partial charge < -0.3 is 5.32 Å². The zero-order chi connectivity index (χ0) is 21.6. The molecular formula is C30H29N. The van der Waals surface area contributed by atoms with Crippen molar-refractivity contribution in [2.75, 3.05) is 5.32 Å². The number of hydrogen-bond donors (Lipinski definition) is 1. The van der Waals surface area contributed by atoms with Crippen molar-refractivity contribution >= 4 is 23.0 Å². The smallest absolute Gasteiger partial charge is 0.0384 e. The molecule has 0 fully saturated rings. The lowest BCUT2D eigenvalue weighted by Gasteiger charge is -2.12. The van der Waals surface area contributed by atoms with Gasteiger partial charge >= 0.3 is 0 Å². The molecule has 4 aromatic rings. The number of anilines is 2. The van der Waals surface area contributed by atoms with Gasteiger partial charge in [0.25, 0.3) is 0 Å². The maximum Gasteiger partial charge on any atom is 0.0384 e. The molecule has 0 atom stereocenters. The minimum absolute atomic E-state index is 1.06. The molecule has 0 saturated heterocycles.